The third-order valence-corrected chi connectivity index (χ3v) is 4.77. The summed E-state index contributed by atoms with van der Waals surface area (Å²) in [5, 5.41) is 2.88. The second kappa shape index (κ2) is 7.25. The van der Waals surface area contributed by atoms with E-state index in [0.717, 1.165) is 10.0 Å². The van der Waals surface area contributed by atoms with Gasteiger partial charge in [0.15, 0.2) is 5.58 Å². The van der Waals surface area contributed by atoms with Crippen molar-refractivity contribution >= 4 is 38.6 Å². The maximum absolute atomic E-state index is 12.5. The van der Waals surface area contributed by atoms with Gasteiger partial charge >= 0.3 is 0 Å². The highest BCUT2D eigenvalue weighted by Gasteiger charge is 2.13. The minimum absolute atomic E-state index is 0.220. The quantitative estimate of drug-likeness (QED) is 0.470. The van der Waals surface area contributed by atoms with Crippen LogP contribution in [0.15, 0.2) is 75.6 Å². The molecule has 4 aromatic rings. The number of benzene rings is 3. The molecule has 0 aliphatic rings. The number of fused-ring (bicyclic) bond motifs is 1. The number of oxazole rings is 1. The third kappa shape index (κ3) is 3.57. The predicted molar refractivity (Wildman–Crippen MR) is 108 cm³/mol. The van der Waals surface area contributed by atoms with Crippen molar-refractivity contribution in [1.82, 2.24) is 4.98 Å². The van der Waals surface area contributed by atoms with Crippen molar-refractivity contribution in [2.45, 2.75) is 0 Å². The minimum Gasteiger partial charge on any atom is -0.497 e. The summed E-state index contributed by atoms with van der Waals surface area (Å²) in [6, 6.07) is 20.1. The highest BCUT2D eigenvalue weighted by atomic mass is 79.9. The van der Waals surface area contributed by atoms with E-state index in [1.54, 1.807) is 49.6 Å². The zero-order chi connectivity index (χ0) is 18.8. The standard InChI is InChI=1S/C21H15BrN2O3/c1-26-15-6-4-5-13(11-15)20(25)23-14-9-10-19-18(12-14)24-21(27-19)16-7-2-3-8-17(16)22/h2-12H,1H3,(H,23,25). The molecule has 1 amide bonds. The molecule has 27 heavy (non-hydrogen) atoms. The molecule has 0 saturated heterocycles. The largest absolute Gasteiger partial charge is 0.497 e. The van der Waals surface area contributed by atoms with E-state index in [-0.39, 0.29) is 5.91 Å². The van der Waals surface area contributed by atoms with Crippen LogP contribution in [0.4, 0.5) is 5.69 Å². The molecule has 0 fully saturated rings. The topological polar surface area (TPSA) is 64.4 Å². The van der Waals surface area contributed by atoms with E-state index >= 15 is 0 Å². The molecule has 0 bridgehead atoms. The zero-order valence-corrected chi connectivity index (χ0v) is 16.0. The van der Waals surface area contributed by atoms with Crippen LogP contribution in [0.25, 0.3) is 22.6 Å². The fraction of sp³-hybridized carbons (Fsp3) is 0.0476. The Labute approximate surface area is 164 Å². The van der Waals surface area contributed by atoms with Crippen LogP contribution in [0.1, 0.15) is 10.4 Å². The summed E-state index contributed by atoms with van der Waals surface area (Å²) in [5.41, 5.74) is 3.35. The van der Waals surface area contributed by atoms with Crippen LogP contribution >= 0.6 is 15.9 Å². The molecule has 134 valence electrons. The van der Waals surface area contributed by atoms with E-state index in [0.29, 0.717) is 34.0 Å². The molecule has 0 aliphatic heterocycles. The number of nitrogens with one attached hydrogen (secondary N) is 1. The van der Waals surface area contributed by atoms with E-state index in [9.17, 15) is 4.79 Å². The summed E-state index contributed by atoms with van der Waals surface area (Å²) < 4.78 is 11.9. The van der Waals surface area contributed by atoms with E-state index in [1.807, 2.05) is 24.3 Å². The van der Waals surface area contributed by atoms with E-state index < -0.39 is 0 Å². The number of carbonyl (C=O) groups excluding carboxylic acids is 1. The molecule has 1 aromatic heterocycles. The number of aromatic nitrogens is 1. The molecule has 1 N–H and O–H groups in total. The lowest BCUT2D eigenvalue weighted by Gasteiger charge is -2.06. The predicted octanol–water partition coefficient (Wildman–Crippen LogP) is 5.52. The first-order chi connectivity index (χ1) is 13.1. The molecule has 6 heteroatoms. The third-order valence-electron chi connectivity index (χ3n) is 4.08. The van der Waals surface area contributed by atoms with E-state index in [4.69, 9.17) is 9.15 Å². The van der Waals surface area contributed by atoms with Crippen molar-refractivity contribution in [1.29, 1.82) is 0 Å². The highest BCUT2D eigenvalue weighted by Crippen LogP contribution is 2.31. The normalized spacial score (nSPS) is 10.7. The van der Waals surface area contributed by atoms with E-state index in [2.05, 4.69) is 26.2 Å². The van der Waals surface area contributed by atoms with Crippen molar-refractivity contribution < 1.29 is 13.9 Å². The molecule has 0 radical (unpaired) electrons. The molecular formula is C21H15BrN2O3. The van der Waals surface area contributed by atoms with Gasteiger partial charge in [0.2, 0.25) is 5.89 Å². The molecule has 5 nitrogen and oxygen atoms in total. The van der Waals surface area contributed by atoms with Crippen molar-refractivity contribution in [3.05, 3.63) is 76.8 Å². The number of carbonyl (C=O) groups is 1. The Morgan fingerprint density at radius 1 is 1.07 bits per heavy atom. The average molecular weight is 423 g/mol. The van der Waals surface area contributed by atoms with E-state index in [1.165, 1.54) is 0 Å². The lowest BCUT2D eigenvalue weighted by atomic mass is 10.2. The Morgan fingerprint density at radius 3 is 2.74 bits per heavy atom. The molecular weight excluding hydrogens is 408 g/mol. The summed E-state index contributed by atoms with van der Waals surface area (Å²) in [5.74, 6) is 0.934. The number of hydrogen-bond acceptors (Lipinski definition) is 4. The first-order valence-electron chi connectivity index (χ1n) is 8.25. The number of anilines is 1. The Balaban J connectivity index is 1.62. The van der Waals surface area contributed by atoms with Gasteiger partial charge < -0.3 is 14.5 Å². The van der Waals surface area contributed by atoms with Crippen molar-refractivity contribution in [3.8, 4) is 17.2 Å². The Hall–Kier alpha value is -3.12. The lowest BCUT2D eigenvalue weighted by Crippen LogP contribution is -2.11. The number of nitrogens with zero attached hydrogens (tertiary/aromatic N) is 1. The van der Waals surface area contributed by atoms with Gasteiger partial charge in [-0.25, -0.2) is 4.98 Å². The van der Waals surface area contributed by atoms with Crippen LogP contribution in [-0.4, -0.2) is 18.0 Å². The Kier molecular flexibility index (Phi) is 4.64. The first kappa shape index (κ1) is 17.3. The maximum Gasteiger partial charge on any atom is 0.255 e. The van der Waals surface area contributed by atoms with Crippen LogP contribution in [0.3, 0.4) is 0 Å². The van der Waals surface area contributed by atoms with Crippen molar-refractivity contribution in [2.75, 3.05) is 12.4 Å². The monoisotopic (exact) mass is 422 g/mol. The van der Waals surface area contributed by atoms with Gasteiger partial charge in [-0.15, -0.1) is 0 Å². The molecule has 4 rings (SSSR count). The molecule has 0 unspecified atom stereocenters. The first-order valence-corrected chi connectivity index (χ1v) is 9.04. The van der Waals surface area contributed by atoms with Gasteiger partial charge in [0.25, 0.3) is 5.91 Å². The number of hydrogen-bond donors (Lipinski definition) is 1. The summed E-state index contributed by atoms with van der Waals surface area (Å²) in [4.78, 5) is 17.0. The van der Waals surface area contributed by atoms with Gasteiger partial charge in [-0.3, -0.25) is 4.79 Å². The Bertz CT molecular complexity index is 1140. The zero-order valence-electron chi connectivity index (χ0n) is 14.4. The second-order valence-corrected chi connectivity index (χ2v) is 6.72. The molecule has 0 aliphatic carbocycles. The van der Waals surface area contributed by atoms with Gasteiger partial charge in [0, 0.05) is 15.7 Å². The van der Waals surface area contributed by atoms with Crippen molar-refractivity contribution in [2.24, 2.45) is 0 Å². The maximum atomic E-state index is 12.5. The second-order valence-electron chi connectivity index (χ2n) is 5.87. The molecule has 0 saturated carbocycles. The fourth-order valence-corrected chi connectivity index (χ4v) is 3.18. The highest BCUT2D eigenvalue weighted by molar-refractivity contribution is 9.10. The fourth-order valence-electron chi connectivity index (χ4n) is 2.72. The van der Waals surface area contributed by atoms with Crippen LogP contribution < -0.4 is 10.1 Å². The summed E-state index contributed by atoms with van der Waals surface area (Å²) in [7, 11) is 1.57. The van der Waals surface area contributed by atoms with Gasteiger partial charge in [0.05, 0.1) is 12.7 Å². The molecule has 3 aromatic carbocycles. The van der Waals surface area contributed by atoms with Crippen molar-refractivity contribution in [3.63, 3.8) is 0 Å². The minimum atomic E-state index is -0.220. The smallest absolute Gasteiger partial charge is 0.255 e. The van der Waals surface area contributed by atoms with Crippen LogP contribution in [0.5, 0.6) is 5.75 Å². The van der Waals surface area contributed by atoms with Crippen LogP contribution in [0, 0.1) is 0 Å². The van der Waals surface area contributed by atoms with Gasteiger partial charge in [0.1, 0.15) is 11.3 Å². The summed E-state index contributed by atoms with van der Waals surface area (Å²) in [6.07, 6.45) is 0. The lowest BCUT2D eigenvalue weighted by molar-refractivity contribution is 0.102. The molecule has 0 spiro atoms. The number of ether oxygens (including phenoxy) is 1. The number of halogens is 1. The van der Waals surface area contributed by atoms with Crippen LogP contribution in [-0.2, 0) is 0 Å². The van der Waals surface area contributed by atoms with Gasteiger partial charge in [-0.2, -0.15) is 0 Å². The number of methoxy groups -OCH3 is 1. The number of rotatable bonds is 4. The SMILES string of the molecule is COc1cccc(C(=O)Nc2ccc3oc(-c4ccccc4Br)nc3c2)c1. The van der Waals surface area contributed by atoms with Gasteiger partial charge in [-0.05, 0) is 64.5 Å². The average Bonchev–Trinajstić information content (AvgIpc) is 3.11. The van der Waals surface area contributed by atoms with Crippen LogP contribution in [0.2, 0.25) is 0 Å². The molecule has 1 heterocycles. The summed E-state index contributed by atoms with van der Waals surface area (Å²) in [6.45, 7) is 0. The number of amides is 1. The summed E-state index contributed by atoms with van der Waals surface area (Å²) >= 11 is 3.51. The Morgan fingerprint density at radius 2 is 1.93 bits per heavy atom. The molecule has 0 atom stereocenters. The van der Waals surface area contributed by atoms with Gasteiger partial charge in [-0.1, -0.05) is 18.2 Å².